The molecule has 1 rings (SSSR count). The second kappa shape index (κ2) is 5.28. The molecule has 4 nitrogen and oxygen atoms in total. The number of aromatic nitrogens is 2. The van der Waals surface area contributed by atoms with Gasteiger partial charge in [-0.1, -0.05) is 11.6 Å². The van der Waals surface area contributed by atoms with Crippen LogP contribution in [0.3, 0.4) is 0 Å². The van der Waals surface area contributed by atoms with Crippen molar-refractivity contribution in [1.82, 2.24) is 9.97 Å². The van der Waals surface area contributed by atoms with E-state index in [0.29, 0.717) is 17.5 Å². The summed E-state index contributed by atoms with van der Waals surface area (Å²) in [6.07, 6.45) is 0. The molecule has 0 aliphatic rings. The molecule has 1 aromatic rings. The topological polar surface area (TPSA) is 49.2 Å². The van der Waals surface area contributed by atoms with Crippen LogP contribution in [-0.2, 0) is 0 Å². The predicted octanol–water partition coefficient (Wildman–Crippen LogP) is 1.57. The van der Waals surface area contributed by atoms with Gasteiger partial charge < -0.3 is 10.0 Å². The number of aliphatic hydroxyl groups excluding tert-OH is 1. The van der Waals surface area contributed by atoms with Crippen molar-refractivity contribution in [3.8, 4) is 0 Å². The molecule has 1 heterocycles. The first kappa shape index (κ1) is 12.2. The highest BCUT2D eigenvalue weighted by Gasteiger charge is 2.12. The van der Waals surface area contributed by atoms with Crippen LogP contribution < -0.4 is 4.90 Å². The zero-order valence-corrected chi connectivity index (χ0v) is 10.0. The molecule has 0 saturated carbocycles. The monoisotopic (exact) mass is 229 g/mol. The van der Waals surface area contributed by atoms with Crippen molar-refractivity contribution in [2.24, 2.45) is 0 Å². The van der Waals surface area contributed by atoms with Gasteiger partial charge in [-0.15, -0.1) is 0 Å². The van der Waals surface area contributed by atoms with E-state index >= 15 is 0 Å². The number of aryl methyl sites for hydroxylation is 1. The van der Waals surface area contributed by atoms with Crippen LogP contribution in [0.15, 0.2) is 0 Å². The van der Waals surface area contributed by atoms with Crippen LogP contribution in [0, 0.1) is 13.8 Å². The number of halogens is 1. The normalized spacial score (nSPS) is 10.5. The zero-order chi connectivity index (χ0) is 11.4. The lowest BCUT2D eigenvalue weighted by molar-refractivity contribution is 0.302. The molecule has 0 atom stereocenters. The number of aliphatic hydroxyl groups is 1. The minimum atomic E-state index is 0.105. The molecule has 5 heteroatoms. The summed E-state index contributed by atoms with van der Waals surface area (Å²) in [5, 5.41) is 9.42. The van der Waals surface area contributed by atoms with E-state index in [-0.39, 0.29) is 6.61 Å². The Labute approximate surface area is 94.9 Å². The van der Waals surface area contributed by atoms with Crippen molar-refractivity contribution in [3.63, 3.8) is 0 Å². The summed E-state index contributed by atoms with van der Waals surface area (Å²) in [6.45, 7) is 7.16. The molecule has 0 aromatic carbocycles. The van der Waals surface area contributed by atoms with Crippen molar-refractivity contribution >= 4 is 17.4 Å². The maximum Gasteiger partial charge on any atom is 0.137 e. The third kappa shape index (κ3) is 2.79. The van der Waals surface area contributed by atoms with Crippen molar-refractivity contribution in [3.05, 3.63) is 16.5 Å². The summed E-state index contributed by atoms with van der Waals surface area (Å²) >= 11 is 5.98. The van der Waals surface area contributed by atoms with Gasteiger partial charge in [0.25, 0.3) is 0 Å². The average Bonchev–Trinajstić information content (AvgIpc) is 2.20. The van der Waals surface area contributed by atoms with E-state index in [2.05, 4.69) is 9.97 Å². The molecule has 0 radical (unpaired) electrons. The van der Waals surface area contributed by atoms with Gasteiger partial charge in [-0.25, -0.2) is 9.97 Å². The number of rotatable bonds is 4. The van der Waals surface area contributed by atoms with Gasteiger partial charge in [0.15, 0.2) is 0 Å². The standard InChI is InChI=1S/C10H16ClN3O/c1-4-14(5-6-15)10-7(2)9(11)12-8(3)13-10/h15H,4-6H2,1-3H3. The highest BCUT2D eigenvalue weighted by Crippen LogP contribution is 2.22. The van der Waals surface area contributed by atoms with Gasteiger partial charge in [0.1, 0.15) is 16.8 Å². The second-order valence-electron chi connectivity index (χ2n) is 3.31. The molecular formula is C10H16ClN3O. The first-order chi connectivity index (χ1) is 7.10. The highest BCUT2D eigenvalue weighted by molar-refractivity contribution is 6.30. The highest BCUT2D eigenvalue weighted by atomic mass is 35.5. The first-order valence-electron chi connectivity index (χ1n) is 4.96. The summed E-state index contributed by atoms with van der Waals surface area (Å²) in [5.41, 5.74) is 0.859. The molecular weight excluding hydrogens is 214 g/mol. The van der Waals surface area contributed by atoms with Crippen LogP contribution in [0.4, 0.5) is 5.82 Å². The van der Waals surface area contributed by atoms with Crippen molar-refractivity contribution in [1.29, 1.82) is 0 Å². The molecule has 0 bridgehead atoms. The molecule has 0 aliphatic heterocycles. The Morgan fingerprint density at radius 2 is 2.00 bits per heavy atom. The Hall–Kier alpha value is -0.870. The van der Waals surface area contributed by atoms with E-state index < -0.39 is 0 Å². The molecule has 1 N–H and O–H groups in total. The largest absolute Gasteiger partial charge is 0.395 e. The quantitative estimate of drug-likeness (QED) is 0.797. The fraction of sp³-hybridized carbons (Fsp3) is 0.600. The summed E-state index contributed by atoms with van der Waals surface area (Å²) in [6, 6.07) is 0. The van der Waals surface area contributed by atoms with Crippen LogP contribution in [0.25, 0.3) is 0 Å². The average molecular weight is 230 g/mol. The Balaban J connectivity index is 3.10. The minimum Gasteiger partial charge on any atom is -0.395 e. The Morgan fingerprint density at radius 1 is 1.33 bits per heavy atom. The maximum atomic E-state index is 8.94. The Kier molecular flexibility index (Phi) is 4.29. The molecule has 1 aromatic heterocycles. The van der Waals surface area contributed by atoms with E-state index in [1.54, 1.807) is 0 Å². The van der Waals surface area contributed by atoms with Gasteiger partial charge in [-0.3, -0.25) is 0 Å². The lowest BCUT2D eigenvalue weighted by Gasteiger charge is -2.23. The van der Waals surface area contributed by atoms with Crippen LogP contribution in [0.2, 0.25) is 5.15 Å². The minimum absolute atomic E-state index is 0.105. The van der Waals surface area contributed by atoms with Crippen LogP contribution in [0.5, 0.6) is 0 Å². The molecule has 0 spiro atoms. The lowest BCUT2D eigenvalue weighted by atomic mass is 10.3. The molecule has 0 aliphatic carbocycles. The second-order valence-corrected chi connectivity index (χ2v) is 3.67. The molecule has 0 fully saturated rings. The lowest BCUT2D eigenvalue weighted by Crippen LogP contribution is -2.28. The van der Waals surface area contributed by atoms with Gasteiger partial charge in [-0.2, -0.15) is 0 Å². The zero-order valence-electron chi connectivity index (χ0n) is 9.29. The van der Waals surface area contributed by atoms with Crippen LogP contribution in [0.1, 0.15) is 18.3 Å². The maximum absolute atomic E-state index is 8.94. The smallest absolute Gasteiger partial charge is 0.137 e. The van der Waals surface area contributed by atoms with Gasteiger partial charge in [-0.05, 0) is 20.8 Å². The summed E-state index contributed by atoms with van der Waals surface area (Å²) in [5.74, 6) is 1.46. The number of hydrogen-bond donors (Lipinski definition) is 1. The summed E-state index contributed by atoms with van der Waals surface area (Å²) < 4.78 is 0. The first-order valence-corrected chi connectivity index (χ1v) is 5.34. The molecule has 0 saturated heterocycles. The van der Waals surface area contributed by atoms with Crippen molar-refractivity contribution in [2.45, 2.75) is 20.8 Å². The number of nitrogens with zero attached hydrogens (tertiary/aromatic N) is 3. The Bertz CT molecular complexity index is 344. The number of hydrogen-bond acceptors (Lipinski definition) is 4. The van der Waals surface area contributed by atoms with E-state index in [1.807, 2.05) is 25.7 Å². The number of anilines is 1. The van der Waals surface area contributed by atoms with Crippen LogP contribution >= 0.6 is 11.6 Å². The van der Waals surface area contributed by atoms with E-state index in [1.165, 1.54) is 0 Å². The fourth-order valence-electron chi connectivity index (χ4n) is 1.42. The molecule has 84 valence electrons. The van der Waals surface area contributed by atoms with E-state index in [9.17, 15) is 0 Å². The van der Waals surface area contributed by atoms with E-state index in [4.69, 9.17) is 16.7 Å². The molecule has 0 unspecified atom stereocenters. The van der Waals surface area contributed by atoms with Crippen molar-refractivity contribution in [2.75, 3.05) is 24.6 Å². The third-order valence-corrected chi connectivity index (χ3v) is 2.59. The van der Waals surface area contributed by atoms with Gasteiger partial charge in [0.05, 0.1) is 6.61 Å². The van der Waals surface area contributed by atoms with E-state index in [0.717, 1.165) is 17.9 Å². The van der Waals surface area contributed by atoms with Crippen molar-refractivity contribution < 1.29 is 5.11 Å². The van der Waals surface area contributed by atoms with Crippen LogP contribution in [-0.4, -0.2) is 34.8 Å². The molecule has 0 amide bonds. The predicted molar refractivity (Wildman–Crippen MR) is 61.5 cm³/mol. The molecule has 15 heavy (non-hydrogen) atoms. The van der Waals surface area contributed by atoms with Gasteiger partial charge in [0.2, 0.25) is 0 Å². The summed E-state index contributed by atoms with van der Waals surface area (Å²) in [7, 11) is 0. The summed E-state index contributed by atoms with van der Waals surface area (Å²) in [4.78, 5) is 10.4. The third-order valence-electron chi connectivity index (χ3n) is 2.22. The van der Waals surface area contributed by atoms with Gasteiger partial charge in [0, 0.05) is 18.7 Å². The van der Waals surface area contributed by atoms with Gasteiger partial charge >= 0.3 is 0 Å². The fourth-order valence-corrected chi connectivity index (χ4v) is 1.63. The Morgan fingerprint density at radius 3 is 2.53 bits per heavy atom. The number of likely N-dealkylation sites (N-methyl/N-ethyl adjacent to an activating group) is 1. The SMILES string of the molecule is CCN(CCO)c1nc(C)nc(Cl)c1C.